The zero-order chi connectivity index (χ0) is 16.8. The number of hydrogen-bond acceptors (Lipinski definition) is 4. The number of nitrogens with zero attached hydrogens (tertiary/aromatic N) is 1. The van der Waals surface area contributed by atoms with Crippen molar-refractivity contribution in [1.29, 1.82) is 0 Å². The van der Waals surface area contributed by atoms with Gasteiger partial charge in [0.2, 0.25) is 0 Å². The molecule has 0 saturated heterocycles. The van der Waals surface area contributed by atoms with E-state index in [1.165, 1.54) is 24.1 Å². The Bertz CT molecular complexity index is 632. The van der Waals surface area contributed by atoms with E-state index in [4.69, 9.17) is 0 Å². The second-order valence-electron chi connectivity index (χ2n) is 6.57. The maximum Gasteiger partial charge on any atom is 0.254 e. The summed E-state index contributed by atoms with van der Waals surface area (Å²) in [7, 11) is 0. The third-order valence-corrected chi connectivity index (χ3v) is 5.71. The molecule has 5 nitrogen and oxygen atoms in total. The summed E-state index contributed by atoms with van der Waals surface area (Å²) in [5.74, 6) is 0.369. The lowest BCUT2D eigenvalue weighted by Gasteiger charge is -2.21. The fourth-order valence-electron chi connectivity index (χ4n) is 3.43. The smallest absolute Gasteiger partial charge is 0.254 e. The third-order valence-electron chi connectivity index (χ3n) is 4.81. The molecule has 3 rings (SSSR count). The number of aromatic nitrogens is 2. The molecule has 1 aliphatic carbocycles. The van der Waals surface area contributed by atoms with Crippen LogP contribution in [0.1, 0.15) is 59.0 Å². The fraction of sp³-hybridized carbons (Fsp3) is 0.556. The van der Waals surface area contributed by atoms with Crippen LogP contribution in [-0.4, -0.2) is 34.4 Å². The maximum absolute atomic E-state index is 12.5. The summed E-state index contributed by atoms with van der Waals surface area (Å²) in [6.07, 6.45) is 8.39. The van der Waals surface area contributed by atoms with Gasteiger partial charge in [0, 0.05) is 29.9 Å². The molecule has 2 aromatic heterocycles. The number of aliphatic hydroxyl groups is 1. The van der Waals surface area contributed by atoms with E-state index in [1.54, 1.807) is 17.5 Å². The standard InChI is InChI=1S/C18H25N3O2S/c22-12-13(9-15-7-4-8-24-15)10-19-18(23)16-11-20-21-17(16)14-5-2-1-3-6-14/h4,7-8,11,13-14,22H,1-3,5-6,9-10,12H2,(H,19,23)(H,20,21)/t13-/m1/s1. The second-order valence-corrected chi connectivity index (χ2v) is 7.61. The molecule has 3 N–H and O–H groups in total. The lowest BCUT2D eigenvalue weighted by atomic mass is 9.85. The number of H-pyrrole nitrogens is 1. The van der Waals surface area contributed by atoms with E-state index in [1.807, 2.05) is 11.4 Å². The molecule has 2 aromatic rings. The average molecular weight is 347 g/mol. The summed E-state index contributed by atoms with van der Waals surface area (Å²) in [5.41, 5.74) is 1.64. The number of thiophene rings is 1. The number of aliphatic hydroxyl groups excluding tert-OH is 1. The van der Waals surface area contributed by atoms with Gasteiger partial charge in [0.05, 0.1) is 17.5 Å². The molecular weight excluding hydrogens is 322 g/mol. The highest BCUT2D eigenvalue weighted by molar-refractivity contribution is 7.09. The molecule has 0 unspecified atom stereocenters. The molecule has 0 spiro atoms. The van der Waals surface area contributed by atoms with Crippen LogP contribution in [0.4, 0.5) is 0 Å². The number of hydrogen-bond donors (Lipinski definition) is 3. The van der Waals surface area contributed by atoms with Gasteiger partial charge in [-0.2, -0.15) is 5.10 Å². The van der Waals surface area contributed by atoms with Crippen molar-refractivity contribution in [3.63, 3.8) is 0 Å². The second kappa shape index (κ2) is 8.44. The molecular formula is C18H25N3O2S. The molecule has 0 aliphatic heterocycles. The lowest BCUT2D eigenvalue weighted by Crippen LogP contribution is -2.32. The molecule has 1 aliphatic rings. The SMILES string of the molecule is O=C(NC[C@H](CO)Cc1cccs1)c1cn[nH]c1C1CCCCC1. The normalized spacial score (nSPS) is 16.9. The van der Waals surface area contributed by atoms with E-state index in [2.05, 4.69) is 21.6 Å². The predicted octanol–water partition coefficient (Wildman–Crippen LogP) is 3.10. The first-order chi connectivity index (χ1) is 11.8. The molecule has 1 atom stereocenters. The van der Waals surface area contributed by atoms with Crippen LogP contribution >= 0.6 is 11.3 Å². The van der Waals surface area contributed by atoms with Gasteiger partial charge in [0.25, 0.3) is 5.91 Å². The zero-order valence-electron chi connectivity index (χ0n) is 13.8. The van der Waals surface area contributed by atoms with Gasteiger partial charge in [-0.15, -0.1) is 11.3 Å². The Morgan fingerprint density at radius 3 is 2.96 bits per heavy atom. The quantitative estimate of drug-likeness (QED) is 0.720. The third kappa shape index (κ3) is 4.24. The Morgan fingerprint density at radius 1 is 1.42 bits per heavy atom. The molecule has 6 heteroatoms. The Hall–Kier alpha value is -1.66. The highest BCUT2D eigenvalue weighted by Gasteiger charge is 2.23. The van der Waals surface area contributed by atoms with E-state index >= 15 is 0 Å². The molecule has 1 saturated carbocycles. The number of amides is 1. The molecule has 0 radical (unpaired) electrons. The molecule has 0 bridgehead atoms. The van der Waals surface area contributed by atoms with Crippen LogP contribution in [-0.2, 0) is 6.42 Å². The van der Waals surface area contributed by atoms with Crippen LogP contribution in [0.3, 0.4) is 0 Å². The van der Waals surface area contributed by atoms with E-state index in [9.17, 15) is 9.90 Å². The largest absolute Gasteiger partial charge is 0.396 e. The van der Waals surface area contributed by atoms with Crippen LogP contribution in [0, 0.1) is 5.92 Å². The topological polar surface area (TPSA) is 78.0 Å². The Kier molecular flexibility index (Phi) is 6.04. The fourth-order valence-corrected chi connectivity index (χ4v) is 4.25. The number of nitrogens with one attached hydrogen (secondary N) is 2. The van der Waals surface area contributed by atoms with Gasteiger partial charge in [0.15, 0.2) is 0 Å². The Morgan fingerprint density at radius 2 is 2.25 bits per heavy atom. The van der Waals surface area contributed by atoms with Crippen molar-refractivity contribution in [1.82, 2.24) is 15.5 Å². The van der Waals surface area contributed by atoms with Gasteiger partial charge in [-0.3, -0.25) is 9.89 Å². The van der Waals surface area contributed by atoms with Crippen molar-refractivity contribution < 1.29 is 9.90 Å². The van der Waals surface area contributed by atoms with Gasteiger partial charge >= 0.3 is 0 Å². The summed E-state index contributed by atoms with van der Waals surface area (Å²) >= 11 is 1.68. The van der Waals surface area contributed by atoms with E-state index in [0.717, 1.165) is 25.0 Å². The van der Waals surface area contributed by atoms with Gasteiger partial charge in [-0.25, -0.2) is 0 Å². The molecule has 1 amide bonds. The van der Waals surface area contributed by atoms with E-state index in [-0.39, 0.29) is 18.4 Å². The van der Waals surface area contributed by atoms with Crippen LogP contribution in [0.5, 0.6) is 0 Å². The number of carbonyl (C=O) groups is 1. The lowest BCUT2D eigenvalue weighted by molar-refractivity contribution is 0.0938. The summed E-state index contributed by atoms with van der Waals surface area (Å²) in [5, 5.41) is 21.7. The summed E-state index contributed by atoms with van der Waals surface area (Å²) < 4.78 is 0. The molecule has 130 valence electrons. The first-order valence-corrected chi connectivity index (χ1v) is 9.60. The number of rotatable bonds is 7. The number of aromatic amines is 1. The van der Waals surface area contributed by atoms with E-state index in [0.29, 0.717) is 18.0 Å². The zero-order valence-corrected chi connectivity index (χ0v) is 14.6. The maximum atomic E-state index is 12.5. The Labute approximate surface area is 146 Å². The van der Waals surface area contributed by atoms with Crippen molar-refractivity contribution in [3.05, 3.63) is 39.8 Å². The minimum absolute atomic E-state index is 0.0395. The minimum Gasteiger partial charge on any atom is -0.396 e. The van der Waals surface area contributed by atoms with Crippen molar-refractivity contribution in [2.24, 2.45) is 5.92 Å². The average Bonchev–Trinajstić information content (AvgIpc) is 3.30. The molecule has 2 heterocycles. The van der Waals surface area contributed by atoms with Crippen molar-refractivity contribution >= 4 is 17.2 Å². The first-order valence-electron chi connectivity index (χ1n) is 8.72. The van der Waals surface area contributed by atoms with Crippen molar-refractivity contribution in [2.75, 3.05) is 13.2 Å². The highest BCUT2D eigenvalue weighted by Crippen LogP contribution is 2.33. The van der Waals surface area contributed by atoms with Gasteiger partial charge < -0.3 is 10.4 Å². The van der Waals surface area contributed by atoms with Crippen LogP contribution < -0.4 is 5.32 Å². The molecule has 24 heavy (non-hydrogen) atoms. The summed E-state index contributed by atoms with van der Waals surface area (Å²) in [6.45, 7) is 0.543. The number of carbonyl (C=O) groups excluding carboxylic acids is 1. The Balaban J connectivity index is 1.57. The van der Waals surface area contributed by atoms with Gasteiger partial charge in [0.1, 0.15) is 0 Å². The van der Waals surface area contributed by atoms with Crippen molar-refractivity contribution in [3.8, 4) is 0 Å². The minimum atomic E-state index is -0.0889. The molecule has 0 aromatic carbocycles. The predicted molar refractivity (Wildman–Crippen MR) is 95.3 cm³/mol. The van der Waals surface area contributed by atoms with Gasteiger partial charge in [-0.1, -0.05) is 25.3 Å². The van der Waals surface area contributed by atoms with Crippen LogP contribution in [0.2, 0.25) is 0 Å². The van der Waals surface area contributed by atoms with Crippen LogP contribution in [0.25, 0.3) is 0 Å². The summed E-state index contributed by atoms with van der Waals surface area (Å²) in [4.78, 5) is 13.8. The van der Waals surface area contributed by atoms with Gasteiger partial charge in [-0.05, 0) is 30.7 Å². The molecule has 1 fully saturated rings. The van der Waals surface area contributed by atoms with E-state index < -0.39 is 0 Å². The van der Waals surface area contributed by atoms with Crippen molar-refractivity contribution in [2.45, 2.75) is 44.4 Å². The highest BCUT2D eigenvalue weighted by atomic mass is 32.1. The first kappa shape index (κ1) is 17.2. The van der Waals surface area contributed by atoms with Crippen LogP contribution in [0.15, 0.2) is 23.7 Å². The summed E-state index contributed by atoms with van der Waals surface area (Å²) in [6, 6.07) is 4.07. The monoisotopic (exact) mass is 347 g/mol.